The van der Waals surface area contributed by atoms with Gasteiger partial charge in [-0.2, -0.15) is 0 Å². The molecule has 2 aliphatic rings. The molecule has 0 aromatic heterocycles. The molecule has 2 rings (SSSR count). The van der Waals surface area contributed by atoms with Crippen molar-refractivity contribution in [2.24, 2.45) is 0 Å². The van der Waals surface area contributed by atoms with Crippen molar-refractivity contribution in [3.05, 3.63) is 23.1 Å². The smallest absolute Gasteiger partial charge is 0.257 e. The first kappa shape index (κ1) is 10.1. The second-order valence-electron chi connectivity index (χ2n) is 3.57. The molecule has 0 spiro atoms. The Bertz CT molecular complexity index is 500. The lowest BCUT2D eigenvalue weighted by atomic mass is 10.2. The van der Waals surface area contributed by atoms with Crippen molar-refractivity contribution in [2.45, 2.75) is 13.0 Å². The van der Waals surface area contributed by atoms with Gasteiger partial charge in [0.2, 0.25) is 0 Å². The molecule has 2 aliphatic heterocycles. The number of rotatable bonds is 1. The second kappa shape index (κ2) is 3.03. The summed E-state index contributed by atoms with van der Waals surface area (Å²) in [6, 6.07) is -0.649. The van der Waals surface area contributed by atoms with E-state index in [1.54, 1.807) is 0 Å². The van der Waals surface area contributed by atoms with Gasteiger partial charge in [0.15, 0.2) is 9.84 Å². The molecule has 0 aliphatic carbocycles. The summed E-state index contributed by atoms with van der Waals surface area (Å²) in [5.41, 5.74) is 0.345. The van der Waals surface area contributed by atoms with Gasteiger partial charge in [0.1, 0.15) is 0 Å². The Morgan fingerprint density at radius 3 is 2.47 bits per heavy atom. The van der Waals surface area contributed by atoms with Gasteiger partial charge in [-0.25, -0.2) is 8.42 Å². The number of hydrogen-bond donors (Lipinski definition) is 0. The minimum Gasteiger partial charge on any atom is -0.269 e. The van der Waals surface area contributed by atoms with Gasteiger partial charge in [-0.15, -0.1) is 0 Å². The molecular weight excluding hydrogens is 218 g/mol. The van der Waals surface area contributed by atoms with E-state index >= 15 is 0 Å². The average molecular weight is 227 g/mol. The van der Waals surface area contributed by atoms with Gasteiger partial charge in [0.05, 0.1) is 11.8 Å². The topological polar surface area (TPSA) is 71.5 Å². The summed E-state index contributed by atoms with van der Waals surface area (Å²) >= 11 is 0. The molecule has 1 atom stereocenters. The van der Waals surface area contributed by atoms with Crippen molar-refractivity contribution in [2.75, 3.05) is 5.75 Å². The number of sulfone groups is 1. The maximum atomic E-state index is 11.5. The lowest BCUT2D eigenvalue weighted by molar-refractivity contribution is -0.138. The normalized spacial score (nSPS) is 28.7. The number of amides is 2. The zero-order valence-electron chi connectivity index (χ0n) is 8.00. The Morgan fingerprint density at radius 2 is 2.07 bits per heavy atom. The van der Waals surface area contributed by atoms with Gasteiger partial charge in [-0.3, -0.25) is 14.5 Å². The molecule has 15 heavy (non-hydrogen) atoms. The number of hydrogen-bond acceptors (Lipinski definition) is 4. The molecule has 2 heterocycles. The summed E-state index contributed by atoms with van der Waals surface area (Å²) in [6.45, 7) is 1.54. The highest BCUT2D eigenvalue weighted by Gasteiger charge is 2.37. The van der Waals surface area contributed by atoms with Gasteiger partial charge in [0, 0.05) is 17.1 Å². The van der Waals surface area contributed by atoms with E-state index in [1.165, 1.54) is 19.1 Å². The van der Waals surface area contributed by atoms with Crippen molar-refractivity contribution < 1.29 is 18.0 Å². The first-order valence-corrected chi connectivity index (χ1v) is 6.09. The molecule has 80 valence electrons. The molecule has 0 bridgehead atoms. The van der Waals surface area contributed by atoms with E-state index in [-0.39, 0.29) is 5.75 Å². The van der Waals surface area contributed by atoms with Gasteiger partial charge in [0.25, 0.3) is 11.8 Å². The van der Waals surface area contributed by atoms with Crippen LogP contribution < -0.4 is 0 Å². The van der Waals surface area contributed by atoms with Gasteiger partial charge >= 0.3 is 0 Å². The third-order valence-electron chi connectivity index (χ3n) is 2.38. The Kier molecular flexibility index (Phi) is 2.04. The maximum absolute atomic E-state index is 11.5. The highest BCUT2D eigenvalue weighted by molar-refractivity contribution is 7.94. The fraction of sp³-hybridized carbons (Fsp3) is 0.333. The van der Waals surface area contributed by atoms with Crippen LogP contribution in [-0.4, -0.2) is 36.9 Å². The van der Waals surface area contributed by atoms with E-state index < -0.39 is 27.7 Å². The van der Waals surface area contributed by atoms with Gasteiger partial charge in [-0.05, 0) is 13.0 Å². The Labute approximate surface area is 87.0 Å². The van der Waals surface area contributed by atoms with E-state index in [0.717, 1.165) is 10.3 Å². The fourth-order valence-corrected chi connectivity index (χ4v) is 2.91. The highest BCUT2D eigenvalue weighted by Crippen LogP contribution is 2.21. The van der Waals surface area contributed by atoms with Crippen LogP contribution in [0.3, 0.4) is 0 Å². The minimum atomic E-state index is -3.25. The van der Waals surface area contributed by atoms with Crippen LogP contribution in [0.1, 0.15) is 6.92 Å². The number of carbonyl (C=O) groups excluding carboxylic acids is 2. The van der Waals surface area contributed by atoms with Crippen molar-refractivity contribution in [1.82, 2.24) is 4.90 Å². The zero-order chi connectivity index (χ0) is 11.2. The third-order valence-corrected chi connectivity index (χ3v) is 3.75. The molecule has 0 saturated carbocycles. The summed E-state index contributed by atoms with van der Waals surface area (Å²) in [6.07, 6.45) is 2.60. The number of imide groups is 1. The molecular formula is C9H9NO4S. The molecule has 0 radical (unpaired) electrons. The van der Waals surface area contributed by atoms with Gasteiger partial charge in [-0.1, -0.05) is 0 Å². The standard InChI is InChI=1S/C9H9NO4S/c1-6-4-8(11)10(9(6)12)7-2-3-15(13,14)5-7/h2-4,7H,5H2,1H3. The Morgan fingerprint density at radius 1 is 1.40 bits per heavy atom. The molecule has 0 saturated heterocycles. The van der Waals surface area contributed by atoms with Crippen molar-refractivity contribution in [3.8, 4) is 0 Å². The Balaban J connectivity index is 2.26. The van der Waals surface area contributed by atoms with Crippen molar-refractivity contribution >= 4 is 21.7 Å². The molecule has 0 fully saturated rings. The predicted molar refractivity (Wildman–Crippen MR) is 52.3 cm³/mol. The van der Waals surface area contributed by atoms with Crippen LogP contribution >= 0.6 is 0 Å². The van der Waals surface area contributed by atoms with E-state index in [0.29, 0.717) is 5.57 Å². The second-order valence-corrected chi connectivity index (χ2v) is 5.50. The summed E-state index contributed by atoms with van der Waals surface area (Å²) < 4.78 is 22.3. The van der Waals surface area contributed by atoms with Crippen LogP contribution in [0.25, 0.3) is 0 Å². The molecule has 1 unspecified atom stereocenters. The molecule has 2 amide bonds. The Hall–Kier alpha value is -1.43. The maximum Gasteiger partial charge on any atom is 0.257 e. The van der Waals surface area contributed by atoms with E-state index in [4.69, 9.17) is 0 Å². The number of carbonyl (C=O) groups is 2. The van der Waals surface area contributed by atoms with Crippen molar-refractivity contribution in [1.29, 1.82) is 0 Å². The minimum absolute atomic E-state index is 0.203. The van der Waals surface area contributed by atoms with Crippen molar-refractivity contribution in [3.63, 3.8) is 0 Å². The van der Waals surface area contributed by atoms with E-state index in [2.05, 4.69) is 0 Å². The lowest BCUT2D eigenvalue weighted by Gasteiger charge is -2.19. The summed E-state index contributed by atoms with van der Waals surface area (Å²) in [4.78, 5) is 23.9. The zero-order valence-corrected chi connectivity index (χ0v) is 8.82. The molecule has 0 N–H and O–H groups in total. The quantitative estimate of drug-likeness (QED) is 0.572. The van der Waals surface area contributed by atoms with E-state index in [1.807, 2.05) is 0 Å². The van der Waals surface area contributed by atoms with Crippen LogP contribution in [0, 0.1) is 0 Å². The van der Waals surface area contributed by atoms with Crippen LogP contribution in [0.5, 0.6) is 0 Å². The predicted octanol–water partition coefficient (Wildman–Crippen LogP) is -0.388. The first-order valence-electron chi connectivity index (χ1n) is 4.37. The molecule has 0 aromatic carbocycles. The van der Waals surface area contributed by atoms with E-state index in [9.17, 15) is 18.0 Å². The fourth-order valence-electron chi connectivity index (χ4n) is 1.64. The molecule has 6 heteroatoms. The first-order chi connectivity index (χ1) is 6.91. The SMILES string of the molecule is CC1=CC(=O)N(C2C=CS(=O)(=O)C2)C1=O. The largest absolute Gasteiger partial charge is 0.269 e. The van der Waals surface area contributed by atoms with Crippen LogP contribution in [0.2, 0.25) is 0 Å². The van der Waals surface area contributed by atoms with Crippen LogP contribution in [-0.2, 0) is 19.4 Å². The van der Waals surface area contributed by atoms with Crippen LogP contribution in [0.4, 0.5) is 0 Å². The van der Waals surface area contributed by atoms with Gasteiger partial charge < -0.3 is 0 Å². The lowest BCUT2D eigenvalue weighted by Crippen LogP contribution is -2.41. The third kappa shape index (κ3) is 1.61. The monoisotopic (exact) mass is 227 g/mol. The molecule has 5 nitrogen and oxygen atoms in total. The summed E-state index contributed by atoms with van der Waals surface area (Å²) in [5, 5.41) is 1.05. The summed E-state index contributed by atoms with van der Waals surface area (Å²) in [5.74, 6) is -1.05. The summed E-state index contributed by atoms with van der Waals surface area (Å²) in [7, 11) is -3.25. The van der Waals surface area contributed by atoms with Crippen LogP contribution in [0.15, 0.2) is 23.1 Å². The number of nitrogens with zero attached hydrogens (tertiary/aromatic N) is 1. The highest BCUT2D eigenvalue weighted by atomic mass is 32.2. The molecule has 0 aromatic rings. The average Bonchev–Trinajstić information content (AvgIpc) is 2.56.